The molecule has 0 aliphatic heterocycles. The molecule has 4 nitrogen and oxygen atoms in total. The Morgan fingerprint density at radius 2 is 2.27 bits per heavy atom. The summed E-state index contributed by atoms with van der Waals surface area (Å²) in [6.07, 6.45) is 1.01. The smallest absolute Gasteiger partial charge is 0.242 e. The molecule has 4 heteroatoms. The molecule has 0 fully saturated rings. The van der Waals surface area contributed by atoms with Gasteiger partial charge in [0.05, 0.1) is 0 Å². The molecule has 0 saturated carbocycles. The Kier molecular flexibility index (Phi) is 3.04. The lowest BCUT2D eigenvalue weighted by Gasteiger charge is -1.95. The summed E-state index contributed by atoms with van der Waals surface area (Å²) >= 11 is 0. The SMILES string of the molecule is CCCOCc1nnc(C)o1. The predicted octanol–water partition coefficient (Wildman–Crippen LogP) is 1.30. The van der Waals surface area contributed by atoms with E-state index in [0.717, 1.165) is 13.0 Å². The minimum Gasteiger partial charge on any atom is -0.423 e. The van der Waals surface area contributed by atoms with Crippen LogP contribution in [0.2, 0.25) is 0 Å². The van der Waals surface area contributed by atoms with Gasteiger partial charge in [0.2, 0.25) is 11.8 Å². The van der Waals surface area contributed by atoms with E-state index in [9.17, 15) is 0 Å². The van der Waals surface area contributed by atoms with Crippen molar-refractivity contribution < 1.29 is 9.15 Å². The molecule has 0 radical (unpaired) electrons. The first kappa shape index (κ1) is 8.20. The fraction of sp³-hybridized carbons (Fsp3) is 0.714. The summed E-state index contributed by atoms with van der Waals surface area (Å²) in [7, 11) is 0. The van der Waals surface area contributed by atoms with E-state index in [0.29, 0.717) is 18.4 Å². The molecule has 0 aromatic carbocycles. The van der Waals surface area contributed by atoms with Crippen LogP contribution in [0.5, 0.6) is 0 Å². The van der Waals surface area contributed by atoms with E-state index < -0.39 is 0 Å². The van der Waals surface area contributed by atoms with Crippen LogP contribution in [0.25, 0.3) is 0 Å². The topological polar surface area (TPSA) is 48.2 Å². The normalized spacial score (nSPS) is 10.4. The molecule has 0 bridgehead atoms. The van der Waals surface area contributed by atoms with Crippen LogP contribution in [-0.4, -0.2) is 16.8 Å². The highest BCUT2D eigenvalue weighted by Crippen LogP contribution is 1.99. The van der Waals surface area contributed by atoms with Crippen molar-refractivity contribution in [2.45, 2.75) is 26.9 Å². The lowest BCUT2D eigenvalue weighted by atomic mass is 10.5. The molecule has 1 aromatic rings. The minimum atomic E-state index is 0.425. The molecule has 0 spiro atoms. The maximum Gasteiger partial charge on any atom is 0.242 e. The summed E-state index contributed by atoms with van der Waals surface area (Å²) in [6, 6.07) is 0. The summed E-state index contributed by atoms with van der Waals surface area (Å²) < 4.78 is 10.3. The van der Waals surface area contributed by atoms with Crippen LogP contribution >= 0.6 is 0 Å². The third-order valence-electron chi connectivity index (χ3n) is 1.14. The Morgan fingerprint density at radius 1 is 1.45 bits per heavy atom. The quantitative estimate of drug-likeness (QED) is 0.616. The highest BCUT2D eigenvalue weighted by molar-refractivity contribution is 4.75. The van der Waals surface area contributed by atoms with E-state index in [1.807, 2.05) is 0 Å². The van der Waals surface area contributed by atoms with Crippen LogP contribution in [0.15, 0.2) is 4.42 Å². The van der Waals surface area contributed by atoms with Crippen LogP contribution < -0.4 is 0 Å². The van der Waals surface area contributed by atoms with Gasteiger partial charge >= 0.3 is 0 Å². The molecule has 1 aromatic heterocycles. The second kappa shape index (κ2) is 4.08. The molecule has 0 atom stereocenters. The van der Waals surface area contributed by atoms with E-state index in [1.165, 1.54) is 0 Å². The van der Waals surface area contributed by atoms with Crippen molar-refractivity contribution in [2.24, 2.45) is 0 Å². The summed E-state index contributed by atoms with van der Waals surface area (Å²) in [5.74, 6) is 1.14. The van der Waals surface area contributed by atoms with E-state index in [4.69, 9.17) is 9.15 Å². The van der Waals surface area contributed by atoms with Crippen molar-refractivity contribution in [1.82, 2.24) is 10.2 Å². The van der Waals surface area contributed by atoms with Crippen LogP contribution in [-0.2, 0) is 11.3 Å². The first-order chi connectivity index (χ1) is 5.33. The van der Waals surface area contributed by atoms with Gasteiger partial charge in [0.15, 0.2) is 0 Å². The standard InChI is InChI=1S/C7H12N2O2/c1-3-4-10-5-7-9-8-6(2)11-7/h3-5H2,1-2H3. The Bertz CT molecular complexity index is 210. The van der Waals surface area contributed by atoms with Crippen LogP contribution in [0.1, 0.15) is 25.1 Å². The molecule has 0 aliphatic rings. The van der Waals surface area contributed by atoms with Crippen molar-refractivity contribution in [3.63, 3.8) is 0 Å². The zero-order valence-electron chi connectivity index (χ0n) is 6.83. The number of nitrogens with zero attached hydrogens (tertiary/aromatic N) is 2. The van der Waals surface area contributed by atoms with E-state index in [1.54, 1.807) is 6.92 Å². The van der Waals surface area contributed by atoms with Gasteiger partial charge in [-0.2, -0.15) is 0 Å². The Balaban J connectivity index is 2.27. The number of hydrogen-bond acceptors (Lipinski definition) is 4. The highest BCUT2D eigenvalue weighted by atomic mass is 16.5. The molecule has 0 N–H and O–H groups in total. The van der Waals surface area contributed by atoms with Crippen LogP contribution in [0, 0.1) is 6.92 Å². The number of aromatic nitrogens is 2. The molecule has 1 heterocycles. The maximum absolute atomic E-state index is 5.19. The average molecular weight is 156 g/mol. The third-order valence-corrected chi connectivity index (χ3v) is 1.14. The highest BCUT2D eigenvalue weighted by Gasteiger charge is 2.00. The fourth-order valence-electron chi connectivity index (χ4n) is 0.700. The Hall–Kier alpha value is -0.900. The van der Waals surface area contributed by atoms with Gasteiger partial charge in [-0.05, 0) is 6.42 Å². The van der Waals surface area contributed by atoms with Crippen molar-refractivity contribution in [3.05, 3.63) is 11.8 Å². The van der Waals surface area contributed by atoms with Gasteiger partial charge in [0.1, 0.15) is 6.61 Å². The largest absolute Gasteiger partial charge is 0.423 e. The summed E-state index contributed by atoms with van der Waals surface area (Å²) in [6.45, 7) is 4.98. The molecule has 0 saturated heterocycles. The predicted molar refractivity (Wildman–Crippen MR) is 39.0 cm³/mol. The molecular weight excluding hydrogens is 144 g/mol. The van der Waals surface area contributed by atoms with Crippen molar-refractivity contribution in [3.8, 4) is 0 Å². The minimum absolute atomic E-state index is 0.425. The van der Waals surface area contributed by atoms with Gasteiger partial charge in [0.25, 0.3) is 0 Å². The van der Waals surface area contributed by atoms with Crippen molar-refractivity contribution in [2.75, 3.05) is 6.61 Å². The summed E-state index contributed by atoms with van der Waals surface area (Å²) in [5, 5.41) is 7.44. The summed E-state index contributed by atoms with van der Waals surface area (Å²) in [4.78, 5) is 0. The van der Waals surface area contributed by atoms with E-state index >= 15 is 0 Å². The van der Waals surface area contributed by atoms with Crippen LogP contribution in [0.4, 0.5) is 0 Å². The number of aryl methyl sites for hydroxylation is 1. The first-order valence-corrected chi connectivity index (χ1v) is 3.69. The lowest BCUT2D eigenvalue weighted by molar-refractivity contribution is 0.102. The first-order valence-electron chi connectivity index (χ1n) is 3.69. The fourth-order valence-corrected chi connectivity index (χ4v) is 0.700. The molecule has 11 heavy (non-hydrogen) atoms. The molecule has 0 aliphatic carbocycles. The number of ether oxygens (including phenoxy) is 1. The third kappa shape index (κ3) is 2.67. The van der Waals surface area contributed by atoms with Gasteiger partial charge in [-0.1, -0.05) is 6.92 Å². The van der Waals surface area contributed by atoms with E-state index in [2.05, 4.69) is 17.1 Å². The van der Waals surface area contributed by atoms with Crippen molar-refractivity contribution in [1.29, 1.82) is 0 Å². The van der Waals surface area contributed by atoms with E-state index in [-0.39, 0.29) is 0 Å². The number of rotatable bonds is 4. The zero-order chi connectivity index (χ0) is 8.10. The average Bonchev–Trinajstić information content (AvgIpc) is 2.37. The second-order valence-electron chi connectivity index (χ2n) is 2.27. The summed E-state index contributed by atoms with van der Waals surface area (Å²) in [5.41, 5.74) is 0. The van der Waals surface area contributed by atoms with Gasteiger partial charge in [-0.15, -0.1) is 10.2 Å². The van der Waals surface area contributed by atoms with Gasteiger partial charge in [0, 0.05) is 13.5 Å². The number of hydrogen-bond donors (Lipinski definition) is 0. The zero-order valence-corrected chi connectivity index (χ0v) is 6.83. The van der Waals surface area contributed by atoms with Gasteiger partial charge in [-0.25, -0.2) is 0 Å². The second-order valence-corrected chi connectivity index (χ2v) is 2.27. The monoisotopic (exact) mass is 156 g/mol. The molecule has 0 amide bonds. The lowest BCUT2D eigenvalue weighted by Crippen LogP contribution is -1.93. The van der Waals surface area contributed by atoms with Crippen molar-refractivity contribution >= 4 is 0 Å². The molecule has 1 rings (SSSR count). The van der Waals surface area contributed by atoms with Gasteiger partial charge < -0.3 is 9.15 Å². The van der Waals surface area contributed by atoms with Gasteiger partial charge in [-0.3, -0.25) is 0 Å². The Morgan fingerprint density at radius 3 is 2.82 bits per heavy atom. The Labute approximate surface area is 65.6 Å². The maximum atomic E-state index is 5.19. The molecule has 62 valence electrons. The molecular formula is C7H12N2O2. The van der Waals surface area contributed by atoms with Crippen LogP contribution in [0.3, 0.4) is 0 Å². The molecule has 0 unspecified atom stereocenters.